The highest BCUT2D eigenvalue weighted by molar-refractivity contribution is 7.91. The van der Waals surface area contributed by atoms with E-state index in [1.807, 2.05) is 0 Å². The molecule has 0 radical (unpaired) electrons. The van der Waals surface area contributed by atoms with Crippen LogP contribution < -0.4 is 10.5 Å². The Morgan fingerprint density at radius 3 is 2.33 bits per heavy atom. The number of rotatable bonds is 3. The molecule has 0 amide bonds. The fourth-order valence-corrected chi connectivity index (χ4v) is 5.84. The minimum Gasteiger partial charge on any atom is -0.398 e. The predicted octanol–water partition coefficient (Wildman–Crippen LogP) is 0.741. The second kappa shape index (κ2) is 5.58. The molecule has 118 valence electrons. The summed E-state index contributed by atoms with van der Waals surface area (Å²) < 4.78 is 50.5. The van der Waals surface area contributed by atoms with Gasteiger partial charge in [-0.05, 0) is 43.9 Å². The van der Waals surface area contributed by atoms with Crippen molar-refractivity contribution in [3.8, 4) is 0 Å². The maximum absolute atomic E-state index is 12.5. The van der Waals surface area contributed by atoms with Crippen molar-refractivity contribution in [2.75, 3.05) is 17.2 Å². The number of benzene rings is 1. The molecule has 1 fully saturated rings. The number of hydrogen-bond donors (Lipinski definition) is 2. The Balaban J connectivity index is 2.26. The fraction of sp³-hybridized carbons (Fsp3) is 0.538. The molecule has 6 nitrogen and oxygen atoms in total. The van der Waals surface area contributed by atoms with E-state index in [0.29, 0.717) is 29.7 Å². The normalized spacial score (nSPS) is 19.5. The number of sulfone groups is 1. The van der Waals surface area contributed by atoms with Crippen molar-refractivity contribution in [2.24, 2.45) is 0 Å². The van der Waals surface area contributed by atoms with E-state index >= 15 is 0 Å². The van der Waals surface area contributed by atoms with Gasteiger partial charge in [0.25, 0.3) is 0 Å². The van der Waals surface area contributed by atoms with Crippen molar-refractivity contribution >= 4 is 25.5 Å². The SMILES string of the molecule is Cc1ccc(N)c(C)c1S(=O)(=O)NC1CCS(=O)(=O)CC1. The van der Waals surface area contributed by atoms with Gasteiger partial charge in [0, 0.05) is 11.7 Å². The molecule has 3 N–H and O–H groups in total. The van der Waals surface area contributed by atoms with Crippen LogP contribution in [0.25, 0.3) is 0 Å². The largest absolute Gasteiger partial charge is 0.398 e. The molecule has 1 saturated heterocycles. The molecule has 0 atom stereocenters. The lowest BCUT2D eigenvalue weighted by molar-refractivity contribution is 0.505. The van der Waals surface area contributed by atoms with Crippen LogP contribution in [0.15, 0.2) is 17.0 Å². The van der Waals surface area contributed by atoms with Crippen molar-refractivity contribution in [1.82, 2.24) is 4.72 Å². The molecule has 1 aromatic rings. The number of hydrogen-bond acceptors (Lipinski definition) is 5. The van der Waals surface area contributed by atoms with Crippen LogP contribution >= 0.6 is 0 Å². The second-order valence-electron chi connectivity index (χ2n) is 5.47. The molecule has 2 rings (SSSR count). The first-order valence-corrected chi connectivity index (χ1v) is 10.0. The van der Waals surface area contributed by atoms with E-state index in [2.05, 4.69) is 4.72 Å². The Hall–Kier alpha value is -1.12. The zero-order chi connectivity index (χ0) is 15.8. The number of sulfonamides is 1. The summed E-state index contributed by atoms with van der Waals surface area (Å²) in [7, 11) is -6.72. The summed E-state index contributed by atoms with van der Waals surface area (Å²) in [5.41, 5.74) is 7.35. The summed E-state index contributed by atoms with van der Waals surface area (Å²) in [5, 5.41) is 0. The molecule has 1 aliphatic heterocycles. The van der Waals surface area contributed by atoms with Crippen LogP contribution in [0.5, 0.6) is 0 Å². The summed E-state index contributed by atoms with van der Waals surface area (Å²) in [5.74, 6) is 0.0458. The number of nitrogen functional groups attached to an aromatic ring is 1. The van der Waals surface area contributed by atoms with Gasteiger partial charge in [-0.15, -0.1) is 0 Å². The summed E-state index contributed by atoms with van der Waals surface area (Å²) in [6.45, 7) is 3.38. The van der Waals surface area contributed by atoms with Crippen LogP contribution in [0, 0.1) is 13.8 Å². The molecule has 0 spiro atoms. The third-order valence-corrected chi connectivity index (χ3v) is 7.31. The van der Waals surface area contributed by atoms with Crippen LogP contribution in [0.1, 0.15) is 24.0 Å². The van der Waals surface area contributed by atoms with E-state index in [-0.39, 0.29) is 22.4 Å². The van der Waals surface area contributed by atoms with Gasteiger partial charge in [-0.1, -0.05) is 6.07 Å². The zero-order valence-corrected chi connectivity index (χ0v) is 13.7. The smallest absolute Gasteiger partial charge is 0.241 e. The van der Waals surface area contributed by atoms with Gasteiger partial charge in [-0.25, -0.2) is 21.6 Å². The Kier molecular flexibility index (Phi) is 4.32. The molecule has 0 saturated carbocycles. The number of anilines is 1. The average molecular weight is 332 g/mol. The van der Waals surface area contributed by atoms with Crippen LogP contribution in [-0.2, 0) is 19.9 Å². The molecule has 1 aromatic carbocycles. The zero-order valence-electron chi connectivity index (χ0n) is 12.1. The first kappa shape index (κ1) is 16.3. The summed E-state index contributed by atoms with van der Waals surface area (Å²) in [4.78, 5) is 0.191. The number of nitrogens with one attached hydrogen (secondary N) is 1. The van der Waals surface area contributed by atoms with Crippen molar-refractivity contribution in [3.63, 3.8) is 0 Å². The third kappa shape index (κ3) is 3.56. The molecule has 1 heterocycles. The standard InChI is InChI=1S/C13H20N2O4S2/c1-9-3-4-12(14)10(2)13(9)21(18,19)15-11-5-7-20(16,17)8-6-11/h3-4,11,15H,5-8,14H2,1-2H3. The summed E-state index contributed by atoms with van der Waals surface area (Å²) in [6.07, 6.45) is 0.615. The third-order valence-electron chi connectivity index (χ3n) is 3.79. The minimum absolute atomic E-state index is 0.0229. The number of nitrogens with two attached hydrogens (primary N) is 1. The van der Waals surface area contributed by atoms with Crippen LogP contribution in [0.2, 0.25) is 0 Å². The molecular formula is C13H20N2O4S2. The second-order valence-corrected chi connectivity index (χ2v) is 9.43. The Morgan fingerprint density at radius 1 is 1.19 bits per heavy atom. The molecule has 0 aromatic heterocycles. The molecule has 21 heavy (non-hydrogen) atoms. The lowest BCUT2D eigenvalue weighted by atomic mass is 10.1. The Labute approximate surface area is 125 Å². The topological polar surface area (TPSA) is 106 Å². The van der Waals surface area contributed by atoms with Gasteiger partial charge in [0.1, 0.15) is 9.84 Å². The van der Waals surface area contributed by atoms with E-state index in [1.54, 1.807) is 26.0 Å². The minimum atomic E-state index is -3.71. The first-order chi connectivity index (χ1) is 9.62. The maximum Gasteiger partial charge on any atom is 0.241 e. The summed E-state index contributed by atoms with van der Waals surface area (Å²) >= 11 is 0. The molecule has 8 heteroatoms. The molecule has 0 aliphatic carbocycles. The van der Waals surface area contributed by atoms with Crippen molar-refractivity contribution < 1.29 is 16.8 Å². The average Bonchev–Trinajstić information content (AvgIpc) is 2.36. The van der Waals surface area contributed by atoms with Crippen molar-refractivity contribution in [3.05, 3.63) is 23.3 Å². The van der Waals surface area contributed by atoms with Gasteiger partial charge in [-0.3, -0.25) is 0 Å². The van der Waals surface area contributed by atoms with Crippen molar-refractivity contribution in [2.45, 2.75) is 37.6 Å². The van der Waals surface area contributed by atoms with E-state index in [0.717, 1.165) is 0 Å². The van der Waals surface area contributed by atoms with Crippen molar-refractivity contribution in [1.29, 1.82) is 0 Å². The highest BCUT2D eigenvalue weighted by Crippen LogP contribution is 2.25. The Bertz CT molecular complexity index is 741. The maximum atomic E-state index is 12.5. The van der Waals surface area contributed by atoms with Gasteiger partial charge in [-0.2, -0.15) is 0 Å². The van der Waals surface area contributed by atoms with Crippen LogP contribution in [0.4, 0.5) is 5.69 Å². The van der Waals surface area contributed by atoms with E-state index in [1.165, 1.54) is 0 Å². The van der Waals surface area contributed by atoms with Gasteiger partial charge < -0.3 is 5.73 Å². The molecular weight excluding hydrogens is 312 g/mol. The molecule has 0 unspecified atom stereocenters. The summed E-state index contributed by atoms with van der Waals surface area (Å²) in [6, 6.07) is 3.00. The molecule has 1 aliphatic rings. The van der Waals surface area contributed by atoms with Gasteiger partial charge >= 0.3 is 0 Å². The fourth-order valence-electron chi connectivity index (χ4n) is 2.54. The van der Waals surface area contributed by atoms with Crippen LogP contribution in [0.3, 0.4) is 0 Å². The molecule has 0 bridgehead atoms. The monoisotopic (exact) mass is 332 g/mol. The van der Waals surface area contributed by atoms with Gasteiger partial charge in [0.15, 0.2) is 0 Å². The van der Waals surface area contributed by atoms with Gasteiger partial charge in [0.05, 0.1) is 16.4 Å². The first-order valence-electron chi connectivity index (χ1n) is 6.71. The Morgan fingerprint density at radius 2 is 1.76 bits per heavy atom. The van der Waals surface area contributed by atoms with E-state index in [9.17, 15) is 16.8 Å². The van der Waals surface area contributed by atoms with Crippen LogP contribution in [-0.4, -0.2) is 34.4 Å². The quantitative estimate of drug-likeness (QED) is 0.794. The highest BCUT2D eigenvalue weighted by Gasteiger charge is 2.29. The lowest BCUT2D eigenvalue weighted by Crippen LogP contribution is -2.41. The van der Waals surface area contributed by atoms with E-state index in [4.69, 9.17) is 5.73 Å². The predicted molar refractivity (Wildman–Crippen MR) is 82.3 cm³/mol. The van der Waals surface area contributed by atoms with E-state index < -0.39 is 19.9 Å². The van der Waals surface area contributed by atoms with Gasteiger partial charge in [0.2, 0.25) is 10.0 Å². The highest BCUT2D eigenvalue weighted by atomic mass is 32.2. The number of aryl methyl sites for hydroxylation is 1. The lowest BCUT2D eigenvalue weighted by Gasteiger charge is -2.24.